The van der Waals surface area contributed by atoms with Crippen LogP contribution in [-0.2, 0) is 4.79 Å². The van der Waals surface area contributed by atoms with E-state index in [9.17, 15) is 4.79 Å². The molecule has 0 aromatic rings. The van der Waals surface area contributed by atoms with Crippen molar-refractivity contribution in [3.63, 3.8) is 0 Å². The molecule has 0 aromatic heterocycles. The third kappa shape index (κ3) is 4.66. The van der Waals surface area contributed by atoms with E-state index in [0.29, 0.717) is 11.8 Å². The van der Waals surface area contributed by atoms with Crippen molar-refractivity contribution in [3.8, 4) is 0 Å². The van der Waals surface area contributed by atoms with Crippen LogP contribution < -0.4 is 0 Å². The number of likely N-dealkylation sites (N-methyl/N-ethyl adjacent to an activating group) is 1. The van der Waals surface area contributed by atoms with Crippen LogP contribution in [0, 0.1) is 5.92 Å². The van der Waals surface area contributed by atoms with E-state index in [0.717, 1.165) is 52.1 Å². The summed E-state index contributed by atoms with van der Waals surface area (Å²) in [7, 11) is 2.08. The van der Waals surface area contributed by atoms with Gasteiger partial charge in [-0.25, -0.2) is 0 Å². The summed E-state index contributed by atoms with van der Waals surface area (Å²) in [6.45, 7) is 8.14. The Morgan fingerprint density at radius 2 is 1.86 bits per heavy atom. The topological polar surface area (TPSA) is 47.0 Å². The van der Waals surface area contributed by atoms with Crippen LogP contribution in [0.4, 0.5) is 0 Å². The highest BCUT2D eigenvalue weighted by Crippen LogP contribution is 2.19. The van der Waals surface area contributed by atoms with Gasteiger partial charge in [-0.1, -0.05) is 0 Å². The Hall–Kier alpha value is -0.650. The van der Waals surface area contributed by atoms with E-state index in [1.54, 1.807) is 0 Å². The first-order valence-electron chi connectivity index (χ1n) is 8.44. The third-order valence-corrected chi connectivity index (χ3v) is 5.11. The number of carbonyl (C=O) groups is 1. The molecule has 0 aromatic carbocycles. The summed E-state index contributed by atoms with van der Waals surface area (Å²) in [6.07, 6.45) is 4.67. The summed E-state index contributed by atoms with van der Waals surface area (Å²) in [4.78, 5) is 19.0. The molecule has 0 aliphatic carbocycles. The normalized spacial score (nSPS) is 23.0. The monoisotopic (exact) mass is 297 g/mol. The molecular weight excluding hydrogens is 266 g/mol. The summed E-state index contributed by atoms with van der Waals surface area (Å²) >= 11 is 0. The summed E-state index contributed by atoms with van der Waals surface area (Å²) in [5, 5.41) is 8.98. The number of likely N-dealkylation sites (tertiary alicyclic amines) is 2. The zero-order valence-corrected chi connectivity index (χ0v) is 13.6. The van der Waals surface area contributed by atoms with Crippen LogP contribution in [0.3, 0.4) is 0 Å². The molecule has 122 valence electrons. The molecule has 0 unspecified atom stereocenters. The number of hydrogen-bond acceptors (Lipinski definition) is 4. The third-order valence-electron chi connectivity index (χ3n) is 5.11. The molecule has 0 radical (unpaired) electrons. The molecule has 2 fully saturated rings. The molecule has 0 bridgehead atoms. The van der Waals surface area contributed by atoms with Gasteiger partial charge in [-0.05, 0) is 58.7 Å². The molecule has 0 saturated carbocycles. The maximum atomic E-state index is 12.4. The summed E-state index contributed by atoms with van der Waals surface area (Å²) < 4.78 is 0. The van der Waals surface area contributed by atoms with Crippen molar-refractivity contribution in [1.82, 2.24) is 14.7 Å². The maximum absolute atomic E-state index is 12.4. The van der Waals surface area contributed by atoms with Gasteiger partial charge in [0.15, 0.2) is 0 Å². The number of hydrogen-bond donors (Lipinski definition) is 1. The largest absolute Gasteiger partial charge is 0.395 e. The van der Waals surface area contributed by atoms with E-state index < -0.39 is 0 Å². The predicted octanol–water partition coefficient (Wildman–Crippen LogP) is 0.633. The van der Waals surface area contributed by atoms with Gasteiger partial charge in [-0.15, -0.1) is 0 Å². The van der Waals surface area contributed by atoms with Gasteiger partial charge in [0.1, 0.15) is 0 Å². The van der Waals surface area contributed by atoms with E-state index in [-0.39, 0.29) is 12.6 Å². The SMILES string of the molecule is C[C@H](C(=O)N1CCCC1)N(C)CC1CCN(CCO)CC1. The van der Waals surface area contributed by atoms with Crippen LogP contribution in [0.5, 0.6) is 0 Å². The number of amides is 1. The molecular formula is C16H31N3O2. The van der Waals surface area contributed by atoms with E-state index in [1.807, 2.05) is 11.8 Å². The van der Waals surface area contributed by atoms with Crippen molar-refractivity contribution < 1.29 is 9.90 Å². The lowest BCUT2D eigenvalue weighted by molar-refractivity contribution is -0.135. The van der Waals surface area contributed by atoms with E-state index in [4.69, 9.17) is 5.11 Å². The first-order chi connectivity index (χ1) is 10.1. The highest BCUT2D eigenvalue weighted by atomic mass is 16.3. The van der Waals surface area contributed by atoms with Crippen LogP contribution in [0.2, 0.25) is 0 Å². The first-order valence-corrected chi connectivity index (χ1v) is 8.44. The van der Waals surface area contributed by atoms with Crippen LogP contribution in [0.25, 0.3) is 0 Å². The van der Waals surface area contributed by atoms with Crippen molar-refractivity contribution in [2.24, 2.45) is 5.92 Å². The lowest BCUT2D eigenvalue weighted by atomic mass is 9.96. The molecule has 1 amide bonds. The quantitative estimate of drug-likeness (QED) is 0.781. The molecule has 2 saturated heterocycles. The molecule has 1 atom stereocenters. The minimum absolute atomic E-state index is 0.00132. The summed E-state index contributed by atoms with van der Waals surface area (Å²) in [5.41, 5.74) is 0. The molecule has 21 heavy (non-hydrogen) atoms. The highest BCUT2D eigenvalue weighted by Gasteiger charge is 2.28. The Kier molecular flexibility index (Phi) is 6.45. The average Bonchev–Trinajstić information content (AvgIpc) is 3.02. The maximum Gasteiger partial charge on any atom is 0.239 e. The Morgan fingerprint density at radius 3 is 2.43 bits per heavy atom. The zero-order valence-electron chi connectivity index (χ0n) is 13.6. The van der Waals surface area contributed by atoms with Gasteiger partial charge in [0, 0.05) is 26.2 Å². The Labute approximate surface area is 128 Å². The molecule has 5 heteroatoms. The molecule has 2 heterocycles. The van der Waals surface area contributed by atoms with Gasteiger partial charge in [0.05, 0.1) is 12.6 Å². The standard InChI is InChI=1S/C16H31N3O2/c1-14(16(21)19-7-3-4-8-19)17(2)13-15-5-9-18(10-6-15)11-12-20/h14-15,20H,3-13H2,1-2H3/t14-/m1/s1. The summed E-state index contributed by atoms with van der Waals surface area (Å²) in [6, 6.07) is -0.00132. The van der Waals surface area contributed by atoms with E-state index in [1.165, 1.54) is 12.8 Å². The van der Waals surface area contributed by atoms with E-state index >= 15 is 0 Å². The smallest absolute Gasteiger partial charge is 0.239 e. The van der Waals surface area contributed by atoms with Crippen molar-refractivity contribution in [3.05, 3.63) is 0 Å². The van der Waals surface area contributed by atoms with Gasteiger partial charge in [0.2, 0.25) is 5.91 Å². The second-order valence-corrected chi connectivity index (χ2v) is 6.66. The minimum atomic E-state index is -0.00132. The van der Waals surface area contributed by atoms with E-state index in [2.05, 4.69) is 16.8 Å². The number of nitrogens with zero attached hydrogens (tertiary/aromatic N) is 3. The number of β-amino-alcohol motifs (C(OH)–C–C–N with tert-alkyl or cyclic N) is 1. The molecule has 2 aliphatic rings. The fourth-order valence-corrected chi connectivity index (χ4v) is 3.49. The molecule has 0 spiro atoms. The minimum Gasteiger partial charge on any atom is -0.395 e. The second-order valence-electron chi connectivity index (χ2n) is 6.66. The summed E-state index contributed by atoms with van der Waals surface area (Å²) in [5.74, 6) is 0.978. The van der Waals surface area contributed by atoms with Gasteiger partial charge in [-0.3, -0.25) is 9.69 Å². The lowest BCUT2D eigenvalue weighted by Gasteiger charge is -2.35. The number of aliphatic hydroxyl groups excluding tert-OH is 1. The molecule has 2 aliphatic heterocycles. The highest BCUT2D eigenvalue weighted by molar-refractivity contribution is 5.81. The van der Waals surface area contributed by atoms with Gasteiger partial charge in [0.25, 0.3) is 0 Å². The van der Waals surface area contributed by atoms with Crippen LogP contribution >= 0.6 is 0 Å². The Bertz CT molecular complexity index is 323. The molecule has 1 N–H and O–H groups in total. The molecule has 5 nitrogen and oxygen atoms in total. The van der Waals surface area contributed by atoms with Crippen LogP contribution in [-0.4, -0.2) is 84.7 Å². The lowest BCUT2D eigenvalue weighted by Crippen LogP contribution is -2.47. The fourth-order valence-electron chi connectivity index (χ4n) is 3.49. The van der Waals surface area contributed by atoms with Crippen LogP contribution in [0.15, 0.2) is 0 Å². The number of piperidine rings is 1. The fraction of sp³-hybridized carbons (Fsp3) is 0.938. The first kappa shape index (κ1) is 16.7. The zero-order chi connectivity index (χ0) is 15.2. The Balaban J connectivity index is 1.73. The second kappa shape index (κ2) is 8.11. The van der Waals surface area contributed by atoms with Crippen molar-refractivity contribution in [1.29, 1.82) is 0 Å². The van der Waals surface area contributed by atoms with Crippen LogP contribution in [0.1, 0.15) is 32.6 Å². The number of carbonyl (C=O) groups excluding carboxylic acids is 1. The Morgan fingerprint density at radius 1 is 1.24 bits per heavy atom. The van der Waals surface area contributed by atoms with Gasteiger partial charge in [-0.2, -0.15) is 0 Å². The average molecular weight is 297 g/mol. The van der Waals surface area contributed by atoms with Gasteiger partial charge >= 0.3 is 0 Å². The van der Waals surface area contributed by atoms with Crippen molar-refractivity contribution in [2.45, 2.75) is 38.6 Å². The van der Waals surface area contributed by atoms with Crippen molar-refractivity contribution >= 4 is 5.91 Å². The van der Waals surface area contributed by atoms with Crippen molar-refractivity contribution in [2.75, 3.05) is 52.9 Å². The number of rotatable bonds is 6. The van der Waals surface area contributed by atoms with Gasteiger partial charge < -0.3 is 14.9 Å². The predicted molar refractivity (Wildman–Crippen MR) is 84.2 cm³/mol. The number of aliphatic hydroxyl groups is 1. The molecule has 2 rings (SSSR count).